The zero-order valence-electron chi connectivity index (χ0n) is 16.8. The first kappa shape index (κ1) is 20.3. The molecule has 1 N–H and O–H groups in total. The number of nitrogens with zero attached hydrogens (tertiary/aromatic N) is 1. The van der Waals surface area contributed by atoms with Crippen LogP contribution in [0.5, 0.6) is 0 Å². The lowest BCUT2D eigenvalue weighted by Crippen LogP contribution is -2.42. The fourth-order valence-corrected chi connectivity index (χ4v) is 3.26. The highest BCUT2D eigenvalue weighted by Crippen LogP contribution is 2.24. The first-order valence-corrected chi connectivity index (χ1v) is 9.74. The van der Waals surface area contributed by atoms with Gasteiger partial charge in [0.15, 0.2) is 0 Å². The molecule has 2 amide bonds. The molecule has 0 radical (unpaired) electrons. The number of hydrogen-bond acceptors (Lipinski definition) is 2. The molecule has 1 unspecified atom stereocenters. The second-order valence-corrected chi connectivity index (χ2v) is 7.15. The Morgan fingerprint density at radius 1 is 0.828 bits per heavy atom. The monoisotopic (exact) mass is 386 g/mol. The summed E-state index contributed by atoms with van der Waals surface area (Å²) < 4.78 is 0. The summed E-state index contributed by atoms with van der Waals surface area (Å²) in [4.78, 5) is 27.4. The third-order valence-corrected chi connectivity index (χ3v) is 4.86. The molecule has 0 spiro atoms. The van der Waals surface area contributed by atoms with E-state index in [2.05, 4.69) is 5.32 Å². The summed E-state index contributed by atoms with van der Waals surface area (Å²) >= 11 is 0. The van der Waals surface area contributed by atoms with Crippen LogP contribution in [-0.4, -0.2) is 16.7 Å². The third-order valence-electron chi connectivity index (χ3n) is 4.86. The SMILES string of the molecule is CC(=O)N(Cc1ccccc1)C(C(=O)NCc1ccc(C)cc1)c1ccccc1. The zero-order chi connectivity index (χ0) is 20.6. The van der Waals surface area contributed by atoms with E-state index in [0.717, 1.165) is 16.7 Å². The van der Waals surface area contributed by atoms with Gasteiger partial charge in [-0.1, -0.05) is 90.5 Å². The largest absolute Gasteiger partial charge is 0.350 e. The highest BCUT2D eigenvalue weighted by Gasteiger charge is 2.29. The van der Waals surface area contributed by atoms with E-state index >= 15 is 0 Å². The molecule has 0 saturated heterocycles. The molecule has 4 heteroatoms. The molecule has 0 fully saturated rings. The molecule has 4 nitrogen and oxygen atoms in total. The van der Waals surface area contributed by atoms with Crippen molar-refractivity contribution in [2.24, 2.45) is 0 Å². The van der Waals surface area contributed by atoms with Crippen molar-refractivity contribution in [1.29, 1.82) is 0 Å². The molecule has 0 aliphatic heterocycles. The second kappa shape index (κ2) is 9.69. The van der Waals surface area contributed by atoms with Crippen LogP contribution in [0.2, 0.25) is 0 Å². The number of benzene rings is 3. The fraction of sp³-hybridized carbons (Fsp3) is 0.200. The Morgan fingerprint density at radius 3 is 2.00 bits per heavy atom. The Kier molecular flexibility index (Phi) is 6.80. The maximum Gasteiger partial charge on any atom is 0.247 e. The van der Waals surface area contributed by atoms with E-state index in [0.29, 0.717) is 13.1 Å². The van der Waals surface area contributed by atoms with Gasteiger partial charge in [0.1, 0.15) is 6.04 Å². The van der Waals surface area contributed by atoms with Gasteiger partial charge >= 0.3 is 0 Å². The van der Waals surface area contributed by atoms with Crippen molar-refractivity contribution in [1.82, 2.24) is 10.2 Å². The molecule has 0 heterocycles. The van der Waals surface area contributed by atoms with Gasteiger partial charge in [0.2, 0.25) is 11.8 Å². The molecule has 1 atom stereocenters. The van der Waals surface area contributed by atoms with Crippen LogP contribution in [0.25, 0.3) is 0 Å². The molecule has 0 saturated carbocycles. The molecule has 3 aromatic carbocycles. The Labute approximate surface area is 172 Å². The Bertz CT molecular complexity index is 938. The normalized spacial score (nSPS) is 11.5. The number of nitrogens with one attached hydrogen (secondary N) is 1. The molecular weight excluding hydrogens is 360 g/mol. The van der Waals surface area contributed by atoms with Gasteiger partial charge in [-0.15, -0.1) is 0 Å². The van der Waals surface area contributed by atoms with Gasteiger partial charge in [-0.05, 0) is 23.6 Å². The second-order valence-electron chi connectivity index (χ2n) is 7.15. The highest BCUT2D eigenvalue weighted by molar-refractivity contribution is 5.88. The maximum absolute atomic E-state index is 13.2. The van der Waals surface area contributed by atoms with E-state index in [1.165, 1.54) is 12.5 Å². The van der Waals surface area contributed by atoms with Gasteiger partial charge < -0.3 is 10.2 Å². The molecule has 3 aromatic rings. The van der Waals surface area contributed by atoms with Crippen LogP contribution < -0.4 is 5.32 Å². The van der Waals surface area contributed by atoms with E-state index in [1.54, 1.807) is 4.90 Å². The molecule has 0 aromatic heterocycles. The van der Waals surface area contributed by atoms with Crippen LogP contribution in [0.4, 0.5) is 0 Å². The summed E-state index contributed by atoms with van der Waals surface area (Å²) in [5.41, 5.74) is 3.97. The summed E-state index contributed by atoms with van der Waals surface area (Å²) in [5, 5.41) is 3.01. The number of carbonyl (C=O) groups excluding carboxylic acids is 2. The Balaban J connectivity index is 1.85. The molecule has 148 valence electrons. The predicted octanol–water partition coefficient (Wildman–Crippen LogP) is 4.40. The smallest absolute Gasteiger partial charge is 0.247 e. The lowest BCUT2D eigenvalue weighted by molar-refractivity contribution is -0.140. The van der Waals surface area contributed by atoms with E-state index in [-0.39, 0.29) is 11.8 Å². The van der Waals surface area contributed by atoms with E-state index in [1.807, 2.05) is 91.9 Å². The summed E-state index contributed by atoms with van der Waals surface area (Å²) in [7, 11) is 0. The number of hydrogen-bond donors (Lipinski definition) is 1. The van der Waals surface area contributed by atoms with Gasteiger partial charge in [0, 0.05) is 20.0 Å². The molecule has 3 rings (SSSR count). The van der Waals surface area contributed by atoms with Crippen LogP contribution in [0.3, 0.4) is 0 Å². The Hall–Kier alpha value is -3.40. The predicted molar refractivity (Wildman–Crippen MR) is 115 cm³/mol. The van der Waals surface area contributed by atoms with Gasteiger partial charge in [0.25, 0.3) is 0 Å². The number of aryl methyl sites for hydroxylation is 1. The van der Waals surface area contributed by atoms with Crippen LogP contribution in [0, 0.1) is 6.92 Å². The van der Waals surface area contributed by atoms with Crippen molar-refractivity contribution in [2.75, 3.05) is 0 Å². The standard InChI is InChI=1S/C25H26N2O2/c1-19-13-15-21(16-14-19)17-26-25(29)24(23-11-7-4-8-12-23)27(20(2)28)18-22-9-5-3-6-10-22/h3-16,24H,17-18H2,1-2H3,(H,26,29). The van der Waals surface area contributed by atoms with Gasteiger partial charge in [-0.2, -0.15) is 0 Å². The van der Waals surface area contributed by atoms with Gasteiger partial charge in [0.05, 0.1) is 0 Å². The van der Waals surface area contributed by atoms with E-state index < -0.39 is 6.04 Å². The van der Waals surface area contributed by atoms with E-state index in [9.17, 15) is 9.59 Å². The zero-order valence-corrected chi connectivity index (χ0v) is 16.8. The van der Waals surface area contributed by atoms with Crippen molar-refractivity contribution in [3.05, 3.63) is 107 Å². The van der Waals surface area contributed by atoms with Crippen molar-refractivity contribution >= 4 is 11.8 Å². The number of amides is 2. The molecule has 0 aliphatic carbocycles. The lowest BCUT2D eigenvalue weighted by atomic mass is 10.0. The van der Waals surface area contributed by atoms with Crippen molar-refractivity contribution in [3.8, 4) is 0 Å². The first-order valence-electron chi connectivity index (χ1n) is 9.74. The molecule has 0 bridgehead atoms. The fourth-order valence-electron chi connectivity index (χ4n) is 3.26. The summed E-state index contributed by atoms with van der Waals surface area (Å²) in [6.45, 7) is 4.32. The van der Waals surface area contributed by atoms with Gasteiger partial charge in [-0.3, -0.25) is 9.59 Å². The lowest BCUT2D eigenvalue weighted by Gasteiger charge is -2.30. The van der Waals surface area contributed by atoms with Crippen LogP contribution >= 0.6 is 0 Å². The quantitative estimate of drug-likeness (QED) is 0.654. The van der Waals surface area contributed by atoms with Crippen LogP contribution in [0.15, 0.2) is 84.9 Å². The van der Waals surface area contributed by atoms with Gasteiger partial charge in [-0.25, -0.2) is 0 Å². The molecular formula is C25H26N2O2. The van der Waals surface area contributed by atoms with E-state index in [4.69, 9.17) is 0 Å². The minimum atomic E-state index is -0.695. The number of carbonyl (C=O) groups is 2. The summed E-state index contributed by atoms with van der Waals surface area (Å²) in [6.07, 6.45) is 0. The van der Waals surface area contributed by atoms with Crippen LogP contribution in [-0.2, 0) is 22.7 Å². The minimum absolute atomic E-state index is 0.145. The maximum atomic E-state index is 13.2. The molecule has 29 heavy (non-hydrogen) atoms. The van der Waals surface area contributed by atoms with Crippen molar-refractivity contribution < 1.29 is 9.59 Å². The average Bonchev–Trinajstić information content (AvgIpc) is 2.74. The van der Waals surface area contributed by atoms with Crippen LogP contribution in [0.1, 0.15) is 35.2 Å². The topological polar surface area (TPSA) is 49.4 Å². The number of rotatable bonds is 7. The summed E-state index contributed by atoms with van der Waals surface area (Å²) in [5.74, 6) is -0.337. The average molecular weight is 386 g/mol. The highest BCUT2D eigenvalue weighted by atomic mass is 16.2. The summed E-state index contributed by atoms with van der Waals surface area (Å²) in [6, 6.07) is 26.5. The third kappa shape index (κ3) is 5.55. The minimum Gasteiger partial charge on any atom is -0.350 e. The molecule has 0 aliphatic rings. The Morgan fingerprint density at radius 2 is 1.41 bits per heavy atom. The van der Waals surface area contributed by atoms with Crippen molar-refractivity contribution in [3.63, 3.8) is 0 Å². The van der Waals surface area contributed by atoms with Crippen molar-refractivity contribution in [2.45, 2.75) is 33.0 Å². The first-order chi connectivity index (χ1) is 14.0.